The highest BCUT2D eigenvalue weighted by Crippen LogP contribution is 2.23. The first-order chi connectivity index (χ1) is 9.08. The van der Waals surface area contributed by atoms with Crippen LogP contribution in [0, 0.1) is 10.7 Å². The highest BCUT2D eigenvalue weighted by molar-refractivity contribution is 7.71. The number of rotatable bonds is 5. The van der Waals surface area contributed by atoms with Crippen LogP contribution < -0.4 is 4.74 Å². The van der Waals surface area contributed by atoms with E-state index >= 15 is 0 Å². The van der Waals surface area contributed by atoms with E-state index in [1.165, 1.54) is 0 Å². The molecule has 0 saturated heterocycles. The molecule has 0 fully saturated rings. The summed E-state index contributed by atoms with van der Waals surface area (Å²) in [6.45, 7) is 5.42. The fourth-order valence-electron chi connectivity index (χ4n) is 1.72. The van der Waals surface area contributed by atoms with Crippen molar-refractivity contribution in [2.45, 2.75) is 27.0 Å². The van der Waals surface area contributed by atoms with Gasteiger partial charge in [-0.3, -0.25) is 5.10 Å². The topological polar surface area (TPSA) is 42.8 Å². The van der Waals surface area contributed by atoms with E-state index in [2.05, 4.69) is 24.0 Å². The zero-order valence-electron chi connectivity index (χ0n) is 10.9. The zero-order valence-corrected chi connectivity index (χ0v) is 12.5. The van der Waals surface area contributed by atoms with E-state index in [0.29, 0.717) is 28.1 Å². The van der Waals surface area contributed by atoms with E-state index in [1.54, 1.807) is 6.07 Å². The van der Waals surface area contributed by atoms with Gasteiger partial charge in [0, 0.05) is 6.54 Å². The Morgan fingerprint density at radius 2 is 2.16 bits per heavy atom. The highest BCUT2D eigenvalue weighted by atomic mass is 35.5. The van der Waals surface area contributed by atoms with Crippen molar-refractivity contribution in [2.75, 3.05) is 0 Å². The molecular weight excluding hydrogens is 282 g/mol. The Morgan fingerprint density at radius 3 is 2.84 bits per heavy atom. The second-order valence-electron chi connectivity index (χ2n) is 4.67. The average molecular weight is 298 g/mol. The van der Waals surface area contributed by atoms with Crippen LogP contribution >= 0.6 is 23.8 Å². The third-order valence-corrected chi connectivity index (χ3v) is 3.20. The predicted octanol–water partition coefficient (Wildman–Crippen LogP) is 3.83. The fraction of sp³-hybridized carbons (Fsp3) is 0.385. The second-order valence-corrected chi connectivity index (χ2v) is 5.46. The van der Waals surface area contributed by atoms with Gasteiger partial charge < -0.3 is 9.30 Å². The largest absolute Gasteiger partial charge is 0.484 e. The van der Waals surface area contributed by atoms with Crippen LogP contribution in [0.4, 0.5) is 0 Å². The molecule has 2 rings (SSSR count). The maximum atomic E-state index is 6.04. The van der Waals surface area contributed by atoms with Gasteiger partial charge in [-0.05, 0) is 30.3 Å². The first kappa shape index (κ1) is 14.1. The first-order valence-electron chi connectivity index (χ1n) is 6.09. The highest BCUT2D eigenvalue weighted by Gasteiger charge is 2.09. The molecule has 0 unspecified atom stereocenters. The monoisotopic (exact) mass is 297 g/mol. The standard InChI is InChI=1S/C13H16ClN3OS/c1-9(2)7-17-12(15-16-13(17)19)8-18-11-6-4-3-5-10(11)14/h3-6,9H,7-8H2,1-2H3,(H,16,19). The molecule has 0 aliphatic carbocycles. The molecule has 1 heterocycles. The van der Waals surface area contributed by atoms with E-state index in [4.69, 9.17) is 28.6 Å². The lowest BCUT2D eigenvalue weighted by molar-refractivity contribution is 0.286. The van der Waals surface area contributed by atoms with Gasteiger partial charge in [0.15, 0.2) is 10.6 Å². The number of benzene rings is 1. The van der Waals surface area contributed by atoms with E-state index in [-0.39, 0.29) is 0 Å². The van der Waals surface area contributed by atoms with Crippen LogP contribution in [0.25, 0.3) is 0 Å². The predicted molar refractivity (Wildman–Crippen MR) is 78.0 cm³/mol. The Hall–Kier alpha value is -1.33. The molecule has 0 radical (unpaired) electrons. The normalized spacial score (nSPS) is 10.9. The summed E-state index contributed by atoms with van der Waals surface area (Å²) in [5, 5.41) is 7.58. The van der Waals surface area contributed by atoms with Crippen molar-refractivity contribution in [1.29, 1.82) is 0 Å². The SMILES string of the molecule is CC(C)Cn1c(COc2ccccc2Cl)n[nH]c1=S. The van der Waals surface area contributed by atoms with Gasteiger partial charge in [-0.2, -0.15) is 5.10 Å². The number of nitrogens with one attached hydrogen (secondary N) is 1. The van der Waals surface area contributed by atoms with Crippen LogP contribution in [-0.2, 0) is 13.2 Å². The Kier molecular flexibility index (Phi) is 4.61. The van der Waals surface area contributed by atoms with Gasteiger partial charge in [-0.1, -0.05) is 37.6 Å². The first-order valence-corrected chi connectivity index (χ1v) is 6.88. The number of aromatic amines is 1. The molecule has 1 N–H and O–H groups in total. The van der Waals surface area contributed by atoms with Gasteiger partial charge in [0.05, 0.1) is 5.02 Å². The molecule has 0 aliphatic rings. The summed E-state index contributed by atoms with van der Waals surface area (Å²) in [4.78, 5) is 0. The van der Waals surface area contributed by atoms with Crippen molar-refractivity contribution in [3.63, 3.8) is 0 Å². The van der Waals surface area contributed by atoms with E-state index < -0.39 is 0 Å². The molecule has 0 amide bonds. The molecule has 6 heteroatoms. The van der Waals surface area contributed by atoms with Crippen LogP contribution in [0.2, 0.25) is 5.02 Å². The average Bonchev–Trinajstić information content (AvgIpc) is 2.70. The maximum Gasteiger partial charge on any atom is 0.195 e. The number of ether oxygens (including phenoxy) is 1. The van der Waals surface area contributed by atoms with Crippen molar-refractivity contribution >= 4 is 23.8 Å². The third kappa shape index (κ3) is 3.58. The van der Waals surface area contributed by atoms with Gasteiger partial charge in [-0.25, -0.2) is 0 Å². The lowest BCUT2D eigenvalue weighted by atomic mass is 10.2. The number of nitrogens with zero attached hydrogens (tertiary/aromatic N) is 2. The minimum Gasteiger partial charge on any atom is -0.484 e. The molecule has 0 bridgehead atoms. The van der Waals surface area contributed by atoms with Crippen LogP contribution in [0.1, 0.15) is 19.7 Å². The van der Waals surface area contributed by atoms with Gasteiger partial charge in [-0.15, -0.1) is 0 Å². The van der Waals surface area contributed by atoms with Crippen molar-refractivity contribution in [2.24, 2.45) is 5.92 Å². The number of hydrogen-bond acceptors (Lipinski definition) is 3. The zero-order chi connectivity index (χ0) is 13.8. The molecule has 102 valence electrons. The van der Waals surface area contributed by atoms with Crippen molar-refractivity contribution in [1.82, 2.24) is 14.8 Å². The minimum atomic E-state index is 0.337. The molecule has 2 aromatic rings. The fourth-order valence-corrected chi connectivity index (χ4v) is 2.13. The van der Waals surface area contributed by atoms with E-state index in [0.717, 1.165) is 12.4 Å². The molecule has 19 heavy (non-hydrogen) atoms. The summed E-state index contributed by atoms with van der Waals surface area (Å²) < 4.78 is 8.25. The Bertz CT molecular complexity index is 606. The van der Waals surface area contributed by atoms with Gasteiger partial charge in [0.25, 0.3) is 0 Å². The molecule has 0 saturated carbocycles. The van der Waals surface area contributed by atoms with Crippen LogP contribution in [-0.4, -0.2) is 14.8 Å². The second kappa shape index (κ2) is 6.21. The number of para-hydroxylation sites is 1. The number of halogens is 1. The summed E-state index contributed by atoms with van der Waals surface area (Å²) in [5.41, 5.74) is 0. The molecule has 1 aromatic carbocycles. The quantitative estimate of drug-likeness (QED) is 0.853. The van der Waals surface area contributed by atoms with Crippen LogP contribution in [0.15, 0.2) is 24.3 Å². The Balaban J connectivity index is 2.12. The Labute approximate surface area is 122 Å². The van der Waals surface area contributed by atoms with E-state index in [1.807, 2.05) is 22.8 Å². The number of H-pyrrole nitrogens is 1. The smallest absolute Gasteiger partial charge is 0.195 e. The summed E-state index contributed by atoms with van der Waals surface area (Å²) in [5.74, 6) is 1.91. The molecule has 0 atom stereocenters. The van der Waals surface area contributed by atoms with Crippen LogP contribution in [0.5, 0.6) is 5.75 Å². The summed E-state index contributed by atoms with van der Waals surface area (Å²) in [6, 6.07) is 7.37. The summed E-state index contributed by atoms with van der Waals surface area (Å²) in [6.07, 6.45) is 0. The van der Waals surface area contributed by atoms with Gasteiger partial charge in [0.2, 0.25) is 0 Å². The maximum absolute atomic E-state index is 6.04. The molecule has 0 aliphatic heterocycles. The third-order valence-electron chi connectivity index (χ3n) is 2.58. The Morgan fingerprint density at radius 1 is 1.42 bits per heavy atom. The van der Waals surface area contributed by atoms with Crippen LogP contribution in [0.3, 0.4) is 0 Å². The van der Waals surface area contributed by atoms with Crippen molar-refractivity contribution in [3.05, 3.63) is 39.9 Å². The van der Waals surface area contributed by atoms with Gasteiger partial charge >= 0.3 is 0 Å². The molecular formula is C13H16ClN3OS. The lowest BCUT2D eigenvalue weighted by Crippen LogP contribution is -2.11. The number of aromatic nitrogens is 3. The van der Waals surface area contributed by atoms with Gasteiger partial charge in [0.1, 0.15) is 12.4 Å². The molecule has 0 spiro atoms. The lowest BCUT2D eigenvalue weighted by Gasteiger charge is -2.11. The molecule has 1 aromatic heterocycles. The summed E-state index contributed by atoms with van der Waals surface area (Å²) in [7, 11) is 0. The van der Waals surface area contributed by atoms with E-state index in [9.17, 15) is 0 Å². The van der Waals surface area contributed by atoms with Crippen molar-refractivity contribution in [3.8, 4) is 5.75 Å². The minimum absolute atomic E-state index is 0.337. The summed E-state index contributed by atoms with van der Waals surface area (Å²) >= 11 is 11.3. The van der Waals surface area contributed by atoms with Crippen molar-refractivity contribution < 1.29 is 4.74 Å². The number of hydrogen-bond donors (Lipinski definition) is 1. The molecule has 4 nitrogen and oxygen atoms in total.